The molecule has 0 aliphatic carbocycles. The van der Waals surface area contributed by atoms with Gasteiger partial charge in [0.15, 0.2) is 0 Å². The molecule has 1 aromatic rings. The van der Waals surface area contributed by atoms with Crippen molar-refractivity contribution < 1.29 is 9.53 Å². The third-order valence-electron chi connectivity index (χ3n) is 3.13. The van der Waals surface area contributed by atoms with Gasteiger partial charge in [-0.15, -0.1) is 0 Å². The van der Waals surface area contributed by atoms with E-state index in [1.165, 1.54) is 12.7 Å². The summed E-state index contributed by atoms with van der Waals surface area (Å²) in [4.78, 5) is 13.5. The second-order valence-corrected chi connectivity index (χ2v) is 4.10. The second kappa shape index (κ2) is 5.12. The van der Waals surface area contributed by atoms with Gasteiger partial charge in [0.1, 0.15) is 6.04 Å². The average molecular weight is 219 g/mol. The van der Waals surface area contributed by atoms with Gasteiger partial charge in [0, 0.05) is 13.1 Å². The molecule has 0 saturated carbocycles. The average Bonchev–Trinajstić information content (AvgIpc) is 2.29. The molecule has 3 nitrogen and oxygen atoms in total. The monoisotopic (exact) mass is 219 g/mol. The van der Waals surface area contributed by atoms with Crippen molar-refractivity contribution in [2.24, 2.45) is 0 Å². The number of nitrogens with zero attached hydrogens (tertiary/aromatic N) is 1. The quantitative estimate of drug-likeness (QED) is 0.718. The fraction of sp³-hybridized carbons (Fsp3) is 0.462. The van der Waals surface area contributed by atoms with E-state index >= 15 is 0 Å². The normalized spacial score (nSPS) is 20.2. The molecule has 0 aromatic heterocycles. The molecule has 1 atom stereocenters. The van der Waals surface area contributed by atoms with Crippen LogP contribution in [0, 0.1) is 0 Å². The number of carbonyl (C=O) groups is 1. The lowest BCUT2D eigenvalue weighted by molar-refractivity contribution is -0.151. The van der Waals surface area contributed by atoms with Crippen LogP contribution in [0.3, 0.4) is 0 Å². The zero-order valence-corrected chi connectivity index (χ0v) is 9.56. The van der Waals surface area contributed by atoms with E-state index in [0.29, 0.717) is 0 Å². The molecule has 0 bridgehead atoms. The fourth-order valence-corrected chi connectivity index (χ4v) is 2.03. The van der Waals surface area contributed by atoms with Crippen molar-refractivity contribution in [3.05, 3.63) is 35.9 Å². The lowest BCUT2D eigenvalue weighted by atomic mass is 10.0. The smallest absolute Gasteiger partial charge is 0.323 e. The highest BCUT2D eigenvalue weighted by molar-refractivity contribution is 5.76. The Morgan fingerprint density at radius 2 is 2.19 bits per heavy atom. The molecule has 86 valence electrons. The Labute approximate surface area is 96.0 Å². The maximum atomic E-state index is 11.4. The van der Waals surface area contributed by atoms with Crippen molar-refractivity contribution >= 4 is 5.97 Å². The largest absolute Gasteiger partial charge is 0.468 e. The molecule has 0 N–H and O–H groups in total. The second-order valence-electron chi connectivity index (χ2n) is 4.10. The van der Waals surface area contributed by atoms with Crippen molar-refractivity contribution in [1.29, 1.82) is 0 Å². The number of rotatable bonds is 4. The van der Waals surface area contributed by atoms with E-state index in [0.717, 1.165) is 25.9 Å². The van der Waals surface area contributed by atoms with Crippen LogP contribution in [0.15, 0.2) is 30.3 Å². The Kier molecular flexibility index (Phi) is 3.57. The summed E-state index contributed by atoms with van der Waals surface area (Å²) in [6.45, 7) is 1.94. The van der Waals surface area contributed by atoms with E-state index in [-0.39, 0.29) is 12.0 Å². The van der Waals surface area contributed by atoms with E-state index in [2.05, 4.69) is 17.0 Å². The molecule has 16 heavy (non-hydrogen) atoms. The van der Waals surface area contributed by atoms with Gasteiger partial charge >= 0.3 is 5.97 Å². The first-order chi connectivity index (χ1) is 7.81. The first kappa shape index (κ1) is 11.1. The van der Waals surface area contributed by atoms with Gasteiger partial charge < -0.3 is 4.74 Å². The SMILES string of the molecule is COC(=O)[C@H]1CCN1CCc1ccccc1. The van der Waals surface area contributed by atoms with Crippen LogP contribution in [0.1, 0.15) is 12.0 Å². The summed E-state index contributed by atoms with van der Waals surface area (Å²) in [5, 5.41) is 0. The molecule has 0 unspecified atom stereocenters. The van der Waals surface area contributed by atoms with Gasteiger partial charge in [-0.25, -0.2) is 0 Å². The minimum atomic E-state index is -0.0979. The van der Waals surface area contributed by atoms with Crippen molar-refractivity contribution in [3.63, 3.8) is 0 Å². The van der Waals surface area contributed by atoms with Gasteiger partial charge in [0.25, 0.3) is 0 Å². The third kappa shape index (κ3) is 2.42. The van der Waals surface area contributed by atoms with Gasteiger partial charge in [-0.05, 0) is 18.4 Å². The van der Waals surface area contributed by atoms with Crippen molar-refractivity contribution in [1.82, 2.24) is 4.90 Å². The molecule has 2 rings (SSSR count). The van der Waals surface area contributed by atoms with E-state index in [4.69, 9.17) is 4.74 Å². The minimum Gasteiger partial charge on any atom is -0.468 e. The molecular formula is C13H17NO2. The van der Waals surface area contributed by atoms with E-state index < -0.39 is 0 Å². The number of methoxy groups -OCH3 is 1. The standard InChI is InChI=1S/C13H17NO2/c1-16-13(15)12-8-10-14(12)9-7-11-5-3-2-4-6-11/h2-6,12H,7-10H2,1H3/t12-/m1/s1. The van der Waals surface area contributed by atoms with Crippen LogP contribution < -0.4 is 0 Å². The maximum absolute atomic E-state index is 11.4. The van der Waals surface area contributed by atoms with Crippen molar-refractivity contribution in [2.75, 3.05) is 20.2 Å². The van der Waals surface area contributed by atoms with E-state index in [9.17, 15) is 4.79 Å². The van der Waals surface area contributed by atoms with Gasteiger partial charge in [-0.1, -0.05) is 30.3 Å². The van der Waals surface area contributed by atoms with Crippen LogP contribution in [-0.2, 0) is 16.0 Å². The van der Waals surface area contributed by atoms with Gasteiger partial charge in [0.2, 0.25) is 0 Å². The predicted molar refractivity (Wildman–Crippen MR) is 62.1 cm³/mol. The van der Waals surface area contributed by atoms with Crippen LogP contribution in [0.4, 0.5) is 0 Å². The molecule has 0 spiro atoms. The number of ether oxygens (including phenoxy) is 1. The molecule has 0 radical (unpaired) electrons. The number of esters is 1. The van der Waals surface area contributed by atoms with Gasteiger partial charge in [0.05, 0.1) is 7.11 Å². The molecule has 1 fully saturated rings. The van der Waals surface area contributed by atoms with Crippen LogP contribution >= 0.6 is 0 Å². The molecule has 1 aliphatic heterocycles. The molecule has 1 heterocycles. The Bertz CT molecular complexity index is 350. The lowest BCUT2D eigenvalue weighted by Gasteiger charge is -2.38. The minimum absolute atomic E-state index is 0.00582. The maximum Gasteiger partial charge on any atom is 0.323 e. The summed E-state index contributed by atoms with van der Waals surface area (Å²) in [6.07, 6.45) is 1.93. The Balaban J connectivity index is 1.81. The number of hydrogen-bond acceptors (Lipinski definition) is 3. The molecular weight excluding hydrogens is 202 g/mol. The topological polar surface area (TPSA) is 29.5 Å². The van der Waals surface area contributed by atoms with Crippen LogP contribution in [0.25, 0.3) is 0 Å². The predicted octanol–water partition coefficient (Wildman–Crippen LogP) is 1.48. The molecule has 1 saturated heterocycles. The number of likely N-dealkylation sites (tertiary alicyclic amines) is 1. The van der Waals surface area contributed by atoms with Crippen LogP contribution in [0.2, 0.25) is 0 Å². The molecule has 3 heteroatoms. The first-order valence-electron chi connectivity index (χ1n) is 5.67. The molecule has 1 aliphatic rings. The van der Waals surface area contributed by atoms with Crippen molar-refractivity contribution in [3.8, 4) is 0 Å². The fourth-order valence-electron chi connectivity index (χ4n) is 2.03. The third-order valence-corrected chi connectivity index (χ3v) is 3.13. The highest BCUT2D eigenvalue weighted by atomic mass is 16.5. The van der Waals surface area contributed by atoms with Crippen molar-refractivity contribution in [2.45, 2.75) is 18.9 Å². The number of hydrogen-bond donors (Lipinski definition) is 0. The summed E-state index contributed by atoms with van der Waals surface area (Å²) in [7, 11) is 1.45. The summed E-state index contributed by atoms with van der Waals surface area (Å²) >= 11 is 0. The summed E-state index contributed by atoms with van der Waals surface area (Å²) in [5.41, 5.74) is 1.32. The highest BCUT2D eigenvalue weighted by Gasteiger charge is 2.34. The molecule has 1 aromatic carbocycles. The Morgan fingerprint density at radius 3 is 2.75 bits per heavy atom. The summed E-state index contributed by atoms with van der Waals surface area (Å²) < 4.78 is 4.76. The van der Waals surface area contributed by atoms with Crippen LogP contribution in [0.5, 0.6) is 0 Å². The zero-order valence-electron chi connectivity index (χ0n) is 9.56. The lowest BCUT2D eigenvalue weighted by Crippen LogP contribution is -2.53. The Morgan fingerprint density at radius 1 is 1.44 bits per heavy atom. The summed E-state index contributed by atoms with van der Waals surface area (Å²) in [6, 6.07) is 10.3. The summed E-state index contributed by atoms with van der Waals surface area (Å²) in [5.74, 6) is -0.0979. The highest BCUT2D eigenvalue weighted by Crippen LogP contribution is 2.18. The van der Waals surface area contributed by atoms with E-state index in [1.54, 1.807) is 0 Å². The molecule has 0 amide bonds. The number of benzene rings is 1. The van der Waals surface area contributed by atoms with Gasteiger partial charge in [-0.2, -0.15) is 0 Å². The zero-order chi connectivity index (χ0) is 11.4. The number of carbonyl (C=O) groups excluding carboxylic acids is 1. The van der Waals surface area contributed by atoms with Crippen LogP contribution in [-0.4, -0.2) is 37.1 Å². The first-order valence-corrected chi connectivity index (χ1v) is 5.67. The Hall–Kier alpha value is -1.35. The van der Waals surface area contributed by atoms with Gasteiger partial charge in [-0.3, -0.25) is 9.69 Å². The van der Waals surface area contributed by atoms with E-state index in [1.807, 2.05) is 18.2 Å².